The minimum absolute atomic E-state index is 0.00555. The number of amides is 1. The molecule has 0 saturated heterocycles. The van der Waals surface area contributed by atoms with Gasteiger partial charge in [-0.15, -0.1) is 0 Å². The van der Waals surface area contributed by atoms with Gasteiger partial charge in [-0.25, -0.2) is 4.79 Å². The monoisotopic (exact) mass is 360 g/mol. The highest BCUT2D eigenvalue weighted by molar-refractivity contribution is 5.98. The van der Waals surface area contributed by atoms with E-state index < -0.39 is 16.5 Å². The Balaban J connectivity index is 2.00. The first-order valence-corrected chi connectivity index (χ1v) is 8.52. The largest absolute Gasteiger partial charge is 0.493 e. The number of methoxy groups -OCH3 is 1. The van der Waals surface area contributed by atoms with Gasteiger partial charge in [0.1, 0.15) is 5.56 Å². The zero-order valence-corrected chi connectivity index (χ0v) is 14.6. The van der Waals surface area contributed by atoms with E-state index in [0.29, 0.717) is 5.92 Å². The molecule has 1 aliphatic carbocycles. The van der Waals surface area contributed by atoms with Gasteiger partial charge >= 0.3 is 5.63 Å². The molecule has 1 aliphatic rings. The number of nitro benzene ring substituents is 1. The van der Waals surface area contributed by atoms with Crippen LogP contribution in [0.25, 0.3) is 11.0 Å². The van der Waals surface area contributed by atoms with Crippen LogP contribution in [-0.2, 0) is 0 Å². The number of nitrogens with one attached hydrogen (secondary N) is 1. The van der Waals surface area contributed by atoms with Crippen molar-refractivity contribution in [3.8, 4) is 5.75 Å². The van der Waals surface area contributed by atoms with Crippen LogP contribution < -0.4 is 15.7 Å². The molecule has 8 heteroatoms. The third-order valence-electron chi connectivity index (χ3n) is 4.89. The Morgan fingerprint density at radius 3 is 2.69 bits per heavy atom. The lowest BCUT2D eigenvalue weighted by Gasteiger charge is -2.29. The van der Waals surface area contributed by atoms with Gasteiger partial charge in [-0.2, -0.15) is 0 Å². The SMILES string of the molecule is COc1cc([N+](=O)[O-])cc2cc(C(=O)N[C@H]3CCCC[C@@H]3C)c(=O)oc12. The Kier molecular flexibility index (Phi) is 4.92. The second kappa shape index (κ2) is 7.15. The Morgan fingerprint density at radius 1 is 1.31 bits per heavy atom. The summed E-state index contributed by atoms with van der Waals surface area (Å²) in [5.74, 6) is -0.120. The first-order valence-electron chi connectivity index (χ1n) is 8.52. The number of non-ortho nitro benzene ring substituents is 1. The van der Waals surface area contributed by atoms with Crippen LogP contribution in [0.5, 0.6) is 5.75 Å². The molecular weight excluding hydrogens is 340 g/mol. The maximum absolute atomic E-state index is 12.6. The highest BCUT2D eigenvalue weighted by atomic mass is 16.6. The van der Waals surface area contributed by atoms with E-state index in [1.807, 2.05) is 0 Å². The molecule has 1 fully saturated rings. The molecule has 1 saturated carbocycles. The molecule has 1 heterocycles. The van der Waals surface area contributed by atoms with E-state index in [2.05, 4.69) is 12.2 Å². The molecule has 0 radical (unpaired) electrons. The van der Waals surface area contributed by atoms with Crippen molar-refractivity contribution in [2.45, 2.75) is 38.6 Å². The van der Waals surface area contributed by atoms with E-state index in [9.17, 15) is 19.7 Å². The van der Waals surface area contributed by atoms with Gasteiger partial charge in [-0.1, -0.05) is 19.8 Å². The Bertz CT molecular complexity index is 920. The summed E-state index contributed by atoms with van der Waals surface area (Å²) in [5, 5.41) is 14.2. The molecule has 0 unspecified atom stereocenters. The van der Waals surface area contributed by atoms with Crippen molar-refractivity contribution in [3.05, 3.63) is 44.3 Å². The average molecular weight is 360 g/mol. The summed E-state index contributed by atoms with van der Waals surface area (Å²) in [6, 6.07) is 3.75. The zero-order valence-electron chi connectivity index (χ0n) is 14.6. The molecule has 1 N–H and O–H groups in total. The normalized spacial score (nSPS) is 19.9. The second-order valence-electron chi connectivity index (χ2n) is 6.61. The van der Waals surface area contributed by atoms with E-state index in [1.165, 1.54) is 25.3 Å². The van der Waals surface area contributed by atoms with Crippen LogP contribution in [0.2, 0.25) is 0 Å². The topological polar surface area (TPSA) is 112 Å². The molecule has 0 spiro atoms. The lowest BCUT2D eigenvalue weighted by molar-refractivity contribution is -0.384. The predicted octanol–water partition coefficient (Wildman–Crippen LogP) is 3.02. The van der Waals surface area contributed by atoms with E-state index in [-0.39, 0.29) is 34.0 Å². The molecular formula is C18H20N2O6. The van der Waals surface area contributed by atoms with Gasteiger partial charge in [0.05, 0.1) is 18.1 Å². The van der Waals surface area contributed by atoms with Crippen molar-refractivity contribution in [3.63, 3.8) is 0 Å². The number of hydrogen-bond acceptors (Lipinski definition) is 6. The number of benzene rings is 1. The number of hydrogen-bond donors (Lipinski definition) is 1. The van der Waals surface area contributed by atoms with Gasteiger partial charge in [0.25, 0.3) is 11.6 Å². The fraction of sp³-hybridized carbons (Fsp3) is 0.444. The molecule has 2 atom stereocenters. The molecule has 3 rings (SSSR count). The maximum atomic E-state index is 12.6. The van der Waals surface area contributed by atoms with Crippen molar-refractivity contribution in [2.75, 3.05) is 7.11 Å². The van der Waals surface area contributed by atoms with E-state index in [0.717, 1.165) is 25.7 Å². The highest BCUT2D eigenvalue weighted by Crippen LogP contribution is 2.30. The van der Waals surface area contributed by atoms with Gasteiger partial charge in [-0.3, -0.25) is 14.9 Å². The van der Waals surface area contributed by atoms with Gasteiger partial charge < -0.3 is 14.5 Å². The van der Waals surface area contributed by atoms with E-state index in [4.69, 9.17) is 9.15 Å². The number of ether oxygens (including phenoxy) is 1. The summed E-state index contributed by atoms with van der Waals surface area (Å²) >= 11 is 0. The molecule has 1 amide bonds. The Labute approximate surface area is 149 Å². The van der Waals surface area contributed by atoms with Gasteiger partial charge in [0, 0.05) is 17.5 Å². The Morgan fingerprint density at radius 2 is 2.04 bits per heavy atom. The van der Waals surface area contributed by atoms with Crippen LogP contribution in [0.3, 0.4) is 0 Å². The van der Waals surface area contributed by atoms with Crippen molar-refractivity contribution in [1.82, 2.24) is 5.32 Å². The second-order valence-corrected chi connectivity index (χ2v) is 6.61. The molecule has 2 aromatic rings. The lowest BCUT2D eigenvalue weighted by Crippen LogP contribution is -2.42. The summed E-state index contributed by atoms with van der Waals surface area (Å²) in [6.45, 7) is 2.07. The molecule has 26 heavy (non-hydrogen) atoms. The number of rotatable bonds is 4. The van der Waals surface area contributed by atoms with Crippen LogP contribution >= 0.6 is 0 Å². The molecule has 138 valence electrons. The number of carbonyl (C=O) groups is 1. The fourth-order valence-corrected chi connectivity index (χ4v) is 3.38. The summed E-state index contributed by atoms with van der Waals surface area (Å²) in [5.41, 5.74) is -1.11. The molecule has 8 nitrogen and oxygen atoms in total. The predicted molar refractivity (Wildman–Crippen MR) is 94.6 cm³/mol. The van der Waals surface area contributed by atoms with Crippen molar-refractivity contribution < 1.29 is 18.9 Å². The lowest BCUT2D eigenvalue weighted by atomic mass is 9.86. The minimum Gasteiger partial charge on any atom is -0.493 e. The third-order valence-corrected chi connectivity index (χ3v) is 4.89. The van der Waals surface area contributed by atoms with Crippen LogP contribution in [0.4, 0.5) is 5.69 Å². The standard InChI is InChI=1S/C18H20N2O6/c1-10-5-3-4-6-14(10)19-17(21)13-8-11-7-12(20(23)24)9-15(25-2)16(11)26-18(13)22/h7-10,14H,3-6H2,1-2H3,(H,19,21)/t10-,14-/m0/s1. The van der Waals surface area contributed by atoms with Gasteiger partial charge in [0.15, 0.2) is 11.3 Å². The number of fused-ring (bicyclic) bond motifs is 1. The molecule has 1 aromatic carbocycles. The van der Waals surface area contributed by atoms with Crippen molar-refractivity contribution in [2.24, 2.45) is 5.92 Å². The third kappa shape index (κ3) is 3.40. The molecule has 0 bridgehead atoms. The maximum Gasteiger partial charge on any atom is 0.349 e. The van der Waals surface area contributed by atoms with E-state index >= 15 is 0 Å². The number of nitrogens with zero attached hydrogens (tertiary/aromatic N) is 1. The first kappa shape index (κ1) is 17.9. The van der Waals surface area contributed by atoms with Gasteiger partial charge in [0.2, 0.25) is 0 Å². The van der Waals surface area contributed by atoms with E-state index in [1.54, 1.807) is 0 Å². The number of carbonyl (C=O) groups excluding carboxylic acids is 1. The van der Waals surface area contributed by atoms with Crippen LogP contribution in [0, 0.1) is 16.0 Å². The molecule has 0 aliphatic heterocycles. The summed E-state index contributed by atoms with van der Waals surface area (Å²) in [7, 11) is 1.32. The summed E-state index contributed by atoms with van der Waals surface area (Å²) in [6.07, 6.45) is 4.06. The van der Waals surface area contributed by atoms with Crippen molar-refractivity contribution >= 4 is 22.6 Å². The minimum atomic E-state index is -0.800. The van der Waals surface area contributed by atoms with Crippen molar-refractivity contribution in [1.29, 1.82) is 0 Å². The quantitative estimate of drug-likeness (QED) is 0.509. The summed E-state index contributed by atoms with van der Waals surface area (Å²) < 4.78 is 10.3. The van der Waals surface area contributed by atoms with Crippen LogP contribution in [0.1, 0.15) is 43.0 Å². The van der Waals surface area contributed by atoms with Gasteiger partial charge in [-0.05, 0) is 24.8 Å². The fourth-order valence-electron chi connectivity index (χ4n) is 3.38. The van der Waals surface area contributed by atoms with Crippen LogP contribution in [-0.4, -0.2) is 24.0 Å². The first-order chi connectivity index (χ1) is 12.4. The van der Waals surface area contributed by atoms with Crippen LogP contribution in [0.15, 0.2) is 27.4 Å². The zero-order chi connectivity index (χ0) is 18.8. The average Bonchev–Trinajstić information content (AvgIpc) is 2.62. The summed E-state index contributed by atoms with van der Waals surface area (Å²) in [4.78, 5) is 35.3. The molecule has 1 aromatic heterocycles. The number of nitro groups is 1. The highest BCUT2D eigenvalue weighted by Gasteiger charge is 2.25. The smallest absolute Gasteiger partial charge is 0.349 e. The Hall–Kier alpha value is -2.90.